The number of anilines is 1. The number of halogens is 2. The van der Waals surface area contributed by atoms with E-state index in [2.05, 4.69) is 20.4 Å². The van der Waals surface area contributed by atoms with Crippen molar-refractivity contribution in [3.05, 3.63) is 40.1 Å². The Kier molecular flexibility index (Phi) is 4.84. The van der Waals surface area contributed by atoms with Crippen LogP contribution < -0.4 is 15.8 Å². The van der Waals surface area contributed by atoms with Crippen molar-refractivity contribution >= 4 is 28.5 Å². The van der Waals surface area contributed by atoms with Crippen LogP contribution in [-0.2, 0) is 0 Å². The molecule has 0 spiro atoms. The molecule has 1 atom stereocenters. The van der Waals surface area contributed by atoms with Crippen molar-refractivity contribution in [2.45, 2.75) is 32.7 Å². The number of fused-ring (bicyclic) bond motifs is 1. The average Bonchev–Trinajstić information content (AvgIpc) is 2.97. The number of nitrogens with one attached hydrogen (secondary N) is 1. The second-order valence-electron chi connectivity index (χ2n) is 6.96. The normalized spacial score (nSPS) is 15.6. The summed E-state index contributed by atoms with van der Waals surface area (Å²) in [6.45, 7) is 7.50. The molecule has 0 saturated carbocycles. The number of aromatic nitrogens is 4. The van der Waals surface area contributed by atoms with Gasteiger partial charge < -0.3 is 15.8 Å². The molecule has 1 aliphatic rings. The highest BCUT2D eigenvalue weighted by atomic mass is 35.5. The minimum Gasteiger partial charge on any atom is -0.493 e. The molecule has 1 saturated heterocycles. The molecular formula is C19H22ClFN6O. The zero-order valence-electron chi connectivity index (χ0n) is 16.0. The predicted molar refractivity (Wildman–Crippen MR) is 106 cm³/mol. The third-order valence-corrected chi connectivity index (χ3v) is 5.50. The van der Waals surface area contributed by atoms with E-state index < -0.39 is 5.82 Å². The number of rotatable bonds is 5. The fourth-order valence-electron chi connectivity index (χ4n) is 3.69. The van der Waals surface area contributed by atoms with Crippen molar-refractivity contribution in [1.29, 1.82) is 0 Å². The van der Waals surface area contributed by atoms with Gasteiger partial charge in [0.15, 0.2) is 5.65 Å². The molecule has 2 aromatic heterocycles. The first-order valence-corrected chi connectivity index (χ1v) is 9.62. The molecule has 148 valence electrons. The summed E-state index contributed by atoms with van der Waals surface area (Å²) in [5, 5.41) is 8.58. The Morgan fingerprint density at radius 1 is 1.43 bits per heavy atom. The third-order valence-electron chi connectivity index (χ3n) is 5.22. The molecule has 0 bridgehead atoms. The predicted octanol–water partition coefficient (Wildman–Crippen LogP) is 3.20. The SMILES string of the molecule is CCOc1c(C(C)n2nc(C)c3c(N)ncnc32)cc(Cl)c(F)c1C1CNC1. The maximum Gasteiger partial charge on any atom is 0.164 e. The van der Waals surface area contributed by atoms with Gasteiger partial charge in [0.2, 0.25) is 0 Å². The molecule has 3 aromatic rings. The van der Waals surface area contributed by atoms with Gasteiger partial charge in [-0.25, -0.2) is 19.0 Å². The highest BCUT2D eigenvalue weighted by Crippen LogP contribution is 2.42. The minimum absolute atomic E-state index is 0.0280. The Labute approximate surface area is 167 Å². The van der Waals surface area contributed by atoms with Crippen molar-refractivity contribution in [3.8, 4) is 5.75 Å². The molecule has 3 heterocycles. The molecule has 9 heteroatoms. The Hall–Kier alpha value is -2.45. The lowest BCUT2D eigenvalue weighted by Crippen LogP contribution is -2.40. The lowest BCUT2D eigenvalue weighted by Gasteiger charge is -2.31. The van der Waals surface area contributed by atoms with E-state index >= 15 is 0 Å². The van der Waals surface area contributed by atoms with E-state index in [1.165, 1.54) is 6.33 Å². The van der Waals surface area contributed by atoms with Gasteiger partial charge in [0, 0.05) is 30.1 Å². The fraction of sp³-hybridized carbons (Fsp3) is 0.421. The van der Waals surface area contributed by atoms with Gasteiger partial charge in [0.1, 0.15) is 23.7 Å². The zero-order chi connectivity index (χ0) is 20.0. The average molecular weight is 405 g/mol. The summed E-state index contributed by atoms with van der Waals surface area (Å²) in [7, 11) is 0. The van der Waals surface area contributed by atoms with Gasteiger partial charge in [-0.15, -0.1) is 0 Å². The van der Waals surface area contributed by atoms with E-state index in [0.717, 1.165) is 11.3 Å². The van der Waals surface area contributed by atoms with Gasteiger partial charge in [-0.1, -0.05) is 11.6 Å². The number of ether oxygens (including phenoxy) is 1. The van der Waals surface area contributed by atoms with Crippen LogP contribution in [0.1, 0.15) is 42.6 Å². The van der Waals surface area contributed by atoms with E-state index in [4.69, 9.17) is 22.1 Å². The molecule has 1 aromatic carbocycles. The van der Waals surface area contributed by atoms with E-state index in [1.807, 2.05) is 20.8 Å². The molecule has 4 rings (SSSR count). The molecule has 7 nitrogen and oxygen atoms in total. The number of benzene rings is 1. The second-order valence-corrected chi connectivity index (χ2v) is 7.36. The fourth-order valence-corrected chi connectivity index (χ4v) is 3.91. The summed E-state index contributed by atoms with van der Waals surface area (Å²) in [5.74, 6) is 0.525. The van der Waals surface area contributed by atoms with Gasteiger partial charge >= 0.3 is 0 Å². The number of nitrogen functional groups attached to an aromatic ring is 1. The second kappa shape index (κ2) is 7.18. The molecule has 28 heavy (non-hydrogen) atoms. The van der Waals surface area contributed by atoms with Crippen molar-refractivity contribution in [3.63, 3.8) is 0 Å². The lowest BCUT2D eigenvalue weighted by atomic mass is 9.89. The number of aryl methyl sites for hydroxylation is 1. The molecule has 0 amide bonds. The van der Waals surface area contributed by atoms with E-state index in [-0.39, 0.29) is 17.0 Å². The summed E-state index contributed by atoms with van der Waals surface area (Å²) in [6, 6.07) is 1.33. The Morgan fingerprint density at radius 2 is 2.18 bits per heavy atom. The van der Waals surface area contributed by atoms with Crippen LogP contribution in [0.2, 0.25) is 5.02 Å². The first-order chi connectivity index (χ1) is 13.4. The maximum absolute atomic E-state index is 14.9. The Morgan fingerprint density at radius 3 is 2.82 bits per heavy atom. The van der Waals surface area contributed by atoms with Crippen LogP contribution in [0.3, 0.4) is 0 Å². The number of hydrogen-bond acceptors (Lipinski definition) is 6. The topological polar surface area (TPSA) is 90.9 Å². The molecule has 3 N–H and O–H groups in total. The summed E-state index contributed by atoms with van der Waals surface area (Å²) in [6.07, 6.45) is 1.41. The van der Waals surface area contributed by atoms with E-state index in [1.54, 1.807) is 10.7 Å². The Bertz CT molecular complexity index is 1050. The number of hydrogen-bond donors (Lipinski definition) is 2. The van der Waals surface area contributed by atoms with Gasteiger partial charge in [0.05, 0.1) is 28.8 Å². The molecule has 0 aliphatic carbocycles. The van der Waals surface area contributed by atoms with Gasteiger partial charge in [-0.2, -0.15) is 5.10 Å². The molecule has 1 unspecified atom stereocenters. The third kappa shape index (κ3) is 2.87. The van der Waals surface area contributed by atoms with Crippen LogP contribution >= 0.6 is 11.6 Å². The molecule has 1 fully saturated rings. The van der Waals surface area contributed by atoms with E-state index in [0.29, 0.717) is 47.9 Å². The summed E-state index contributed by atoms with van der Waals surface area (Å²) < 4.78 is 22.6. The van der Waals surface area contributed by atoms with Crippen molar-refractivity contribution in [2.75, 3.05) is 25.4 Å². The van der Waals surface area contributed by atoms with Crippen LogP contribution in [-0.4, -0.2) is 39.4 Å². The quantitative estimate of drug-likeness (QED) is 0.678. The largest absolute Gasteiger partial charge is 0.493 e. The maximum atomic E-state index is 14.9. The van der Waals surface area contributed by atoms with Crippen molar-refractivity contribution in [1.82, 2.24) is 25.1 Å². The number of nitrogens with zero attached hydrogens (tertiary/aromatic N) is 4. The minimum atomic E-state index is -0.416. The molecule has 0 radical (unpaired) electrons. The Balaban J connectivity index is 1.91. The van der Waals surface area contributed by atoms with Gasteiger partial charge in [-0.05, 0) is 26.8 Å². The van der Waals surface area contributed by atoms with Crippen molar-refractivity contribution in [2.24, 2.45) is 0 Å². The van der Waals surface area contributed by atoms with Gasteiger partial charge in [-0.3, -0.25) is 0 Å². The first kappa shape index (κ1) is 18.9. The smallest absolute Gasteiger partial charge is 0.164 e. The summed E-state index contributed by atoms with van der Waals surface area (Å²) in [4.78, 5) is 8.41. The molecule has 1 aliphatic heterocycles. The molecular weight excluding hydrogens is 383 g/mol. The monoisotopic (exact) mass is 404 g/mol. The van der Waals surface area contributed by atoms with Crippen LogP contribution in [0.15, 0.2) is 12.4 Å². The summed E-state index contributed by atoms with van der Waals surface area (Å²) in [5.41, 5.74) is 8.65. The first-order valence-electron chi connectivity index (χ1n) is 9.24. The van der Waals surface area contributed by atoms with E-state index in [9.17, 15) is 4.39 Å². The number of nitrogens with two attached hydrogens (primary N) is 1. The van der Waals surface area contributed by atoms with Gasteiger partial charge in [0.25, 0.3) is 0 Å². The highest BCUT2D eigenvalue weighted by molar-refractivity contribution is 6.31. The van der Waals surface area contributed by atoms with Crippen molar-refractivity contribution < 1.29 is 9.13 Å². The standard InChI is InChI=1S/C19H22ClFN6O/c1-4-28-17-12(5-13(20)16(21)15(17)11-6-23-7-11)10(3)27-19-14(9(2)26-27)18(22)24-8-25-19/h5,8,10-11,23H,4,6-7H2,1-3H3,(H2,22,24,25). The van der Waals surface area contributed by atoms with Crippen LogP contribution in [0.5, 0.6) is 5.75 Å². The van der Waals surface area contributed by atoms with Crippen LogP contribution in [0.25, 0.3) is 11.0 Å². The summed E-state index contributed by atoms with van der Waals surface area (Å²) >= 11 is 6.27. The van der Waals surface area contributed by atoms with Crippen LogP contribution in [0, 0.1) is 12.7 Å². The zero-order valence-corrected chi connectivity index (χ0v) is 16.7. The van der Waals surface area contributed by atoms with Crippen LogP contribution in [0.4, 0.5) is 10.2 Å². The lowest BCUT2D eigenvalue weighted by molar-refractivity contribution is 0.314. The highest BCUT2D eigenvalue weighted by Gasteiger charge is 2.32.